The highest BCUT2D eigenvalue weighted by Crippen LogP contribution is 2.21. The molecule has 0 unspecified atom stereocenters. The average molecular weight is 378 g/mol. The van der Waals surface area contributed by atoms with Gasteiger partial charge in [0.25, 0.3) is 5.91 Å². The molecule has 1 saturated heterocycles. The van der Waals surface area contributed by atoms with Gasteiger partial charge >= 0.3 is 0 Å². The molecule has 1 amide bonds. The van der Waals surface area contributed by atoms with Crippen molar-refractivity contribution in [3.05, 3.63) is 29.8 Å². The summed E-state index contributed by atoms with van der Waals surface area (Å²) in [4.78, 5) is 18.9. The summed E-state index contributed by atoms with van der Waals surface area (Å²) < 4.78 is 11.4. The van der Waals surface area contributed by atoms with Crippen LogP contribution in [0.25, 0.3) is 0 Å². The molecule has 27 heavy (non-hydrogen) atoms. The van der Waals surface area contributed by atoms with Crippen LogP contribution in [0.1, 0.15) is 30.1 Å². The number of ether oxygens (including phenoxy) is 2. The van der Waals surface area contributed by atoms with Crippen LogP contribution in [0.4, 0.5) is 0 Å². The maximum absolute atomic E-state index is 12.6. The van der Waals surface area contributed by atoms with Gasteiger partial charge in [0.05, 0.1) is 6.61 Å². The average Bonchev–Trinajstić information content (AvgIpc) is 2.66. The smallest absolute Gasteiger partial charge is 0.253 e. The van der Waals surface area contributed by atoms with Crippen molar-refractivity contribution in [1.82, 2.24) is 14.7 Å². The van der Waals surface area contributed by atoms with E-state index in [2.05, 4.69) is 16.7 Å². The van der Waals surface area contributed by atoms with Crippen LogP contribution in [0.5, 0.6) is 5.75 Å². The lowest BCUT2D eigenvalue weighted by molar-refractivity contribution is 0.0474. The largest absolute Gasteiger partial charge is 0.490 e. The number of methoxy groups -OCH3 is 1. The predicted octanol–water partition coefficient (Wildman–Crippen LogP) is 2.20. The van der Waals surface area contributed by atoms with Crippen LogP contribution in [-0.4, -0.2) is 93.8 Å². The number of hydrogen-bond acceptors (Lipinski definition) is 5. The van der Waals surface area contributed by atoms with Gasteiger partial charge in [0.1, 0.15) is 11.9 Å². The first kappa shape index (κ1) is 21.7. The number of likely N-dealkylation sites (N-methyl/N-ethyl adjacent to an activating group) is 2. The van der Waals surface area contributed by atoms with Crippen LogP contribution in [0.15, 0.2) is 24.3 Å². The van der Waals surface area contributed by atoms with E-state index in [-0.39, 0.29) is 12.0 Å². The molecular weight excluding hydrogens is 342 g/mol. The van der Waals surface area contributed by atoms with Gasteiger partial charge in [0, 0.05) is 51.9 Å². The summed E-state index contributed by atoms with van der Waals surface area (Å²) in [5.41, 5.74) is 0.680. The third-order valence-electron chi connectivity index (χ3n) is 5.12. The standard InChI is InChI=1S/C21H35N3O3/c1-17(16-26-5)24-11-9-19(10-12-24)27-20-8-6-7-18(15-20)21(25)23(4)14-13-22(2)3/h6-8,15,17,19H,9-14,16H2,1-5H3/t17-/m0/s1. The highest BCUT2D eigenvalue weighted by atomic mass is 16.5. The van der Waals surface area contributed by atoms with Crippen LogP contribution >= 0.6 is 0 Å². The van der Waals surface area contributed by atoms with Gasteiger partial charge in [-0.3, -0.25) is 9.69 Å². The van der Waals surface area contributed by atoms with Gasteiger partial charge in [-0.1, -0.05) is 6.07 Å². The normalized spacial score (nSPS) is 17.1. The third kappa shape index (κ3) is 6.79. The Morgan fingerprint density at radius 2 is 1.93 bits per heavy atom. The molecular formula is C21H35N3O3. The summed E-state index contributed by atoms with van der Waals surface area (Å²) in [7, 11) is 7.61. The highest BCUT2D eigenvalue weighted by Gasteiger charge is 2.24. The lowest BCUT2D eigenvalue weighted by Crippen LogP contribution is -2.44. The first-order valence-corrected chi connectivity index (χ1v) is 9.80. The Labute approximate surface area is 164 Å². The summed E-state index contributed by atoms with van der Waals surface area (Å²) in [6.45, 7) is 6.54. The van der Waals surface area contributed by atoms with E-state index < -0.39 is 0 Å². The first-order valence-electron chi connectivity index (χ1n) is 9.80. The number of amides is 1. The fourth-order valence-corrected chi connectivity index (χ4v) is 3.35. The first-order chi connectivity index (χ1) is 12.9. The highest BCUT2D eigenvalue weighted by molar-refractivity contribution is 5.94. The Kier molecular flexibility index (Phi) is 8.54. The van der Waals surface area contributed by atoms with Crippen molar-refractivity contribution in [1.29, 1.82) is 0 Å². The van der Waals surface area contributed by atoms with E-state index >= 15 is 0 Å². The molecule has 1 aliphatic heterocycles. The maximum Gasteiger partial charge on any atom is 0.253 e. The zero-order chi connectivity index (χ0) is 19.8. The van der Waals surface area contributed by atoms with Crippen LogP contribution in [0, 0.1) is 0 Å². The molecule has 0 bridgehead atoms. The third-order valence-corrected chi connectivity index (χ3v) is 5.12. The zero-order valence-electron chi connectivity index (χ0n) is 17.5. The second-order valence-corrected chi connectivity index (χ2v) is 7.72. The monoisotopic (exact) mass is 377 g/mol. The van der Waals surface area contributed by atoms with E-state index in [0.717, 1.165) is 44.8 Å². The lowest BCUT2D eigenvalue weighted by Gasteiger charge is -2.35. The van der Waals surface area contributed by atoms with Crippen LogP contribution < -0.4 is 4.74 Å². The number of carbonyl (C=O) groups excluding carboxylic acids is 1. The summed E-state index contributed by atoms with van der Waals surface area (Å²) in [5, 5.41) is 0. The molecule has 1 aromatic carbocycles. The van der Waals surface area contributed by atoms with E-state index in [0.29, 0.717) is 18.2 Å². The molecule has 1 aromatic rings. The molecule has 152 valence electrons. The van der Waals surface area contributed by atoms with E-state index in [1.165, 1.54) is 0 Å². The topological polar surface area (TPSA) is 45.3 Å². The van der Waals surface area contributed by atoms with Gasteiger partial charge in [-0.25, -0.2) is 0 Å². The van der Waals surface area contributed by atoms with Crippen molar-refractivity contribution in [3.8, 4) is 5.75 Å². The molecule has 0 radical (unpaired) electrons. The molecule has 1 fully saturated rings. The minimum atomic E-state index is 0.0329. The fourth-order valence-electron chi connectivity index (χ4n) is 3.35. The van der Waals surface area contributed by atoms with Crippen molar-refractivity contribution in [2.75, 3.05) is 61.0 Å². The molecule has 6 heteroatoms. The molecule has 0 aromatic heterocycles. The van der Waals surface area contributed by atoms with Gasteiger partial charge in [-0.05, 0) is 52.1 Å². The molecule has 2 rings (SSSR count). The van der Waals surface area contributed by atoms with Crippen LogP contribution in [0.3, 0.4) is 0 Å². The van der Waals surface area contributed by atoms with Gasteiger partial charge in [-0.15, -0.1) is 0 Å². The van der Waals surface area contributed by atoms with Gasteiger partial charge in [0.2, 0.25) is 0 Å². The molecule has 0 aliphatic carbocycles. The number of benzene rings is 1. The number of piperidine rings is 1. The number of rotatable bonds is 9. The molecule has 0 saturated carbocycles. The number of likely N-dealkylation sites (tertiary alicyclic amines) is 1. The van der Waals surface area contributed by atoms with E-state index in [1.54, 1.807) is 12.0 Å². The zero-order valence-corrected chi connectivity index (χ0v) is 17.5. The maximum atomic E-state index is 12.6. The van der Waals surface area contributed by atoms with Crippen LogP contribution in [-0.2, 0) is 4.74 Å². The Balaban J connectivity index is 1.88. The molecule has 6 nitrogen and oxygen atoms in total. The summed E-state index contributed by atoms with van der Waals surface area (Å²) in [5.74, 6) is 0.816. The second-order valence-electron chi connectivity index (χ2n) is 7.72. The van der Waals surface area contributed by atoms with Crippen LogP contribution in [0.2, 0.25) is 0 Å². The fraction of sp³-hybridized carbons (Fsp3) is 0.667. The molecule has 1 heterocycles. The minimum absolute atomic E-state index is 0.0329. The van der Waals surface area contributed by atoms with Crippen molar-refractivity contribution in [2.45, 2.75) is 31.9 Å². The van der Waals surface area contributed by atoms with E-state index in [1.807, 2.05) is 45.4 Å². The van der Waals surface area contributed by atoms with Crippen molar-refractivity contribution in [3.63, 3.8) is 0 Å². The molecule has 0 spiro atoms. The molecule has 1 atom stereocenters. The number of nitrogens with zero attached hydrogens (tertiary/aromatic N) is 3. The Hall–Kier alpha value is -1.63. The molecule has 0 N–H and O–H groups in total. The number of hydrogen-bond donors (Lipinski definition) is 0. The summed E-state index contributed by atoms with van der Waals surface area (Å²) in [6.07, 6.45) is 2.19. The lowest BCUT2D eigenvalue weighted by atomic mass is 10.1. The Morgan fingerprint density at radius 3 is 2.56 bits per heavy atom. The van der Waals surface area contributed by atoms with Gasteiger partial charge in [0.15, 0.2) is 0 Å². The SMILES string of the molecule is COC[C@H](C)N1CCC(Oc2cccc(C(=O)N(C)CCN(C)C)c2)CC1. The number of carbonyl (C=O) groups is 1. The molecule has 1 aliphatic rings. The second kappa shape index (κ2) is 10.6. The summed E-state index contributed by atoms with van der Waals surface area (Å²) >= 11 is 0. The van der Waals surface area contributed by atoms with E-state index in [9.17, 15) is 4.79 Å². The minimum Gasteiger partial charge on any atom is -0.490 e. The van der Waals surface area contributed by atoms with E-state index in [4.69, 9.17) is 9.47 Å². The quantitative estimate of drug-likeness (QED) is 0.660. The van der Waals surface area contributed by atoms with Crippen molar-refractivity contribution < 1.29 is 14.3 Å². The Morgan fingerprint density at radius 1 is 1.22 bits per heavy atom. The Bertz CT molecular complexity index is 586. The predicted molar refractivity (Wildman–Crippen MR) is 109 cm³/mol. The van der Waals surface area contributed by atoms with Gasteiger partial charge in [-0.2, -0.15) is 0 Å². The van der Waals surface area contributed by atoms with Crippen molar-refractivity contribution in [2.24, 2.45) is 0 Å². The van der Waals surface area contributed by atoms with Crippen molar-refractivity contribution >= 4 is 5.91 Å². The van der Waals surface area contributed by atoms with Gasteiger partial charge < -0.3 is 19.3 Å². The summed E-state index contributed by atoms with van der Waals surface area (Å²) in [6, 6.07) is 8.01.